The predicted molar refractivity (Wildman–Crippen MR) is 131 cm³/mol. The summed E-state index contributed by atoms with van der Waals surface area (Å²) in [6.45, 7) is 9.64. The van der Waals surface area contributed by atoms with E-state index in [4.69, 9.17) is 9.47 Å². The van der Waals surface area contributed by atoms with E-state index < -0.39 is 29.6 Å². The zero-order valence-corrected chi connectivity index (χ0v) is 20.4. The number of rotatable bonds is 4. The van der Waals surface area contributed by atoms with Crippen LogP contribution in [-0.2, 0) is 25.5 Å². The summed E-state index contributed by atoms with van der Waals surface area (Å²) in [6.07, 6.45) is 0.885. The molecule has 1 fully saturated rings. The summed E-state index contributed by atoms with van der Waals surface area (Å²) < 4.78 is 13.4. The second-order valence-electron chi connectivity index (χ2n) is 10.1. The van der Waals surface area contributed by atoms with Crippen molar-refractivity contribution in [1.82, 2.24) is 4.57 Å². The second kappa shape index (κ2) is 8.15. The molecule has 0 spiro atoms. The number of carbonyl (C=O) groups is 2. The molecule has 5 nitrogen and oxygen atoms in total. The van der Waals surface area contributed by atoms with Crippen LogP contribution in [0.25, 0.3) is 22.4 Å². The molecule has 3 atom stereocenters. The fourth-order valence-electron chi connectivity index (χ4n) is 5.62. The summed E-state index contributed by atoms with van der Waals surface area (Å²) in [6, 6.07) is 20.9. The van der Waals surface area contributed by atoms with Gasteiger partial charge in [0.25, 0.3) is 5.79 Å². The van der Waals surface area contributed by atoms with Crippen molar-refractivity contribution < 1.29 is 19.1 Å². The molecule has 2 aliphatic heterocycles. The van der Waals surface area contributed by atoms with Crippen molar-refractivity contribution >= 4 is 11.9 Å². The first kappa shape index (κ1) is 22.5. The summed E-state index contributed by atoms with van der Waals surface area (Å²) in [7, 11) is 0. The van der Waals surface area contributed by atoms with E-state index in [-0.39, 0.29) is 6.04 Å². The Balaban J connectivity index is 1.77. The maximum Gasteiger partial charge on any atom is 0.324 e. The fraction of sp³-hybridized carbons (Fsp3) is 0.379. The smallest absolute Gasteiger partial charge is 0.324 e. The Morgan fingerprint density at radius 1 is 0.882 bits per heavy atom. The number of esters is 2. The van der Waals surface area contributed by atoms with Gasteiger partial charge in [-0.25, -0.2) is 0 Å². The van der Waals surface area contributed by atoms with Crippen LogP contribution in [0.1, 0.15) is 57.8 Å². The van der Waals surface area contributed by atoms with Gasteiger partial charge in [0, 0.05) is 37.1 Å². The average Bonchev–Trinajstić information content (AvgIpc) is 3.27. The summed E-state index contributed by atoms with van der Waals surface area (Å²) in [5.74, 6) is -3.24. The fourth-order valence-corrected chi connectivity index (χ4v) is 5.62. The molecule has 0 bridgehead atoms. The van der Waals surface area contributed by atoms with Crippen molar-refractivity contribution in [2.45, 2.75) is 58.8 Å². The Morgan fingerprint density at radius 3 is 1.97 bits per heavy atom. The van der Waals surface area contributed by atoms with Crippen LogP contribution in [0.5, 0.6) is 0 Å². The Bertz CT molecular complexity index is 1220. The van der Waals surface area contributed by atoms with Crippen LogP contribution >= 0.6 is 0 Å². The van der Waals surface area contributed by atoms with Crippen LogP contribution in [0.15, 0.2) is 60.7 Å². The lowest BCUT2D eigenvalue weighted by Gasteiger charge is -2.35. The summed E-state index contributed by atoms with van der Waals surface area (Å²) >= 11 is 0. The Hall–Kier alpha value is -3.34. The molecule has 3 aromatic rings. The van der Waals surface area contributed by atoms with E-state index in [2.05, 4.69) is 42.7 Å². The molecule has 5 heteroatoms. The van der Waals surface area contributed by atoms with Gasteiger partial charge in [-0.1, -0.05) is 74.5 Å². The summed E-state index contributed by atoms with van der Waals surface area (Å²) in [5, 5.41) is 0. The third-order valence-corrected chi connectivity index (χ3v) is 7.36. The van der Waals surface area contributed by atoms with Crippen molar-refractivity contribution in [2.75, 3.05) is 0 Å². The minimum atomic E-state index is -1.24. The number of hydrogen-bond acceptors (Lipinski definition) is 4. The van der Waals surface area contributed by atoms with Crippen LogP contribution in [0, 0.1) is 11.8 Å². The van der Waals surface area contributed by atoms with E-state index in [1.165, 1.54) is 5.69 Å². The van der Waals surface area contributed by atoms with Gasteiger partial charge in [-0.3, -0.25) is 9.59 Å². The lowest BCUT2D eigenvalue weighted by atomic mass is 9.81. The molecule has 34 heavy (non-hydrogen) atoms. The highest BCUT2D eigenvalue weighted by Gasteiger charge is 2.48. The number of benzene rings is 2. The molecule has 176 valence electrons. The van der Waals surface area contributed by atoms with Crippen LogP contribution in [0.2, 0.25) is 0 Å². The van der Waals surface area contributed by atoms with Gasteiger partial charge in [0.15, 0.2) is 5.92 Å². The summed E-state index contributed by atoms with van der Waals surface area (Å²) in [5.41, 5.74) is 6.65. The number of carbonyl (C=O) groups excluding carboxylic acids is 2. The van der Waals surface area contributed by atoms with E-state index >= 15 is 0 Å². The molecule has 3 unspecified atom stereocenters. The SMILES string of the molecule is CC1Cc2c(C(C)C3C(=O)OC(C)(C)OC3=O)c(-c3ccccc3)c(-c3ccccc3)n2C1C. The topological polar surface area (TPSA) is 57.5 Å². The molecule has 5 rings (SSSR count). The number of cyclic esters (lactones) is 2. The maximum atomic E-state index is 13.1. The standard InChI is InChI=1S/C29H31NO4/c1-17-16-22-23(18(2)24-27(31)33-29(4,5)34-28(24)32)25(20-12-8-6-9-13-20)26(30(22)19(17)3)21-14-10-7-11-15-21/h6-15,17-19,24H,16H2,1-5H3. The number of hydrogen-bond donors (Lipinski definition) is 0. The lowest BCUT2D eigenvalue weighted by Crippen LogP contribution is -2.48. The van der Waals surface area contributed by atoms with Crippen LogP contribution in [0.4, 0.5) is 0 Å². The highest BCUT2D eigenvalue weighted by Crippen LogP contribution is 2.51. The third-order valence-electron chi connectivity index (χ3n) is 7.36. The van der Waals surface area contributed by atoms with Gasteiger partial charge in [-0.15, -0.1) is 0 Å². The minimum Gasteiger partial charge on any atom is -0.422 e. The number of nitrogens with zero attached hydrogens (tertiary/aromatic N) is 1. The first-order chi connectivity index (χ1) is 16.2. The first-order valence-corrected chi connectivity index (χ1v) is 12.0. The van der Waals surface area contributed by atoms with Crippen LogP contribution in [0.3, 0.4) is 0 Å². The van der Waals surface area contributed by atoms with Crippen molar-refractivity contribution in [2.24, 2.45) is 11.8 Å². The Morgan fingerprint density at radius 2 is 1.41 bits per heavy atom. The van der Waals surface area contributed by atoms with Gasteiger partial charge in [0.2, 0.25) is 0 Å². The highest BCUT2D eigenvalue weighted by molar-refractivity contribution is 5.98. The molecule has 0 aliphatic carbocycles. The number of fused-ring (bicyclic) bond motifs is 1. The molecule has 2 aliphatic rings. The molecular formula is C29H31NO4. The molecular weight excluding hydrogens is 426 g/mol. The van der Waals surface area contributed by atoms with Crippen LogP contribution < -0.4 is 0 Å². The van der Waals surface area contributed by atoms with E-state index in [1.807, 2.05) is 43.3 Å². The molecule has 1 aromatic heterocycles. The van der Waals surface area contributed by atoms with Gasteiger partial charge in [0.1, 0.15) is 0 Å². The third kappa shape index (κ3) is 3.54. The van der Waals surface area contributed by atoms with Crippen molar-refractivity contribution in [1.29, 1.82) is 0 Å². The Kier molecular flexibility index (Phi) is 5.38. The lowest BCUT2D eigenvalue weighted by molar-refractivity contribution is -0.240. The second-order valence-corrected chi connectivity index (χ2v) is 10.1. The molecule has 3 heterocycles. The van der Waals surface area contributed by atoms with Gasteiger partial charge in [-0.05, 0) is 36.0 Å². The molecule has 1 saturated heterocycles. The molecule has 0 amide bonds. The first-order valence-electron chi connectivity index (χ1n) is 12.0. The number of ether oxygens (including phenoxy) is 2. The average molecular weight is 458 g/mol. The van der Waals surface area contributed by atoms with E-state index in [1.54, 1.807) is 13.8 Å². The van der Waals surface area contributed by atoms with Gasteiger partial charge in [0.05, 0.1) is 5.69 Å². The van der Waals surface area contributed by atoms with Crippen molar-refractivity contribution in [3.8, 4) is 22.4 Å². The molecule has 0 radical (unpaired) electrons. The molecule has 0 N–H and O–H groups in total. The minimum absolute atomic E-state index is 0.290. The monoisotopic (exact) mass is 457 g/mol. The van der Waals surface area contributed by atoms with Gasteiger partial charge < -0.3 is 14.0 Å². The Labute approximate surface area is 200 Å². The van der Waals surface area contributed by atoms with E-state index in [0.717, 1.165) is 34.4 Å². The van der Waals surface area contributed by atoms with Crippen LogP contribution in [-0.4, -0.2) is 22.3 Å². The molecule has 2 aromatic carbocycles. The van der Waals surface area contributed by atoms with E-state index in [0.29, 0.717) is 5.92 Å². The highest BCUT2D eigenvalue weighted by atomic mass is 16.7. The van der Waals surface area contributed by atoms with E-state index in [9.17, 15) is 9.59 Å². The van der Waals surface area contributed by atoms with Gasteiger partial charge in [-0.2, -0.15) is 0 Å². The van der Waals surface area contributed by atoms with Gasteiger partial charge >= 0.3 is 11.9 Å². The van der Waals surface area contributed by atoms with Crippen molar-refractivity contribution in [3.05, 3.63) is 71.9 Å². The molecule has 0 saturated carbocycles. The zero-order valence-electron chi connectivity index (χ0n) is 20.4. The summed E-state index contributed by atoms with van der Waals surface area (Å²) in [4.78, 5) is 26.1. The number of aromatic nitrogens is 1. The predicted octanol–water partition coefficient (Wildman–Crippen LogP) is 6.13. The largest absolute Gasteiger partial charge is 0.422 e. The quantitative estimate of drug-likeness (QED) is 0.349. The van der Waals surface area contributed by atoms with Crippen molar-refractivity contribution in [3.63, 3.8) is 0 Å². The zero-order chi connectivity index (χ0) is 24.2. The maximum absolute atomic E-state index is 13.1. The normalized spacial score (nSPS) is 22.7.